The molecule has 8 heteroatoms. The fourth-order valence-electron chi connectivity index (χ4n) is 2.09. The van der Waals surface area contributed by atoms with E-state index in [2.05, 4.69) is 20.3 Å². The van der Waals surface area contributed by atoms with Crippen molar-refractivity contribution in [1.29, 1.82) is 0 Å². The highest BCUT2D eigenvalue weighted by Crippen LogP contribution is 2.22. The molecule has 0 bridgehead atoms. The quantitative estimate of drug-likeness (QED) is 0.640. The van der Waals surface area contributed by atoms with Gasteiger partial charge >= 0.3 is 0 Å². The van der Waals surface area contributed by atoms with Crippen LogP contribution in [0.15, 0.2) is 40.3 Å². The normalized spacial score (nSPS) is 10.9. The lowest BCUT2D eigenvalue weighted by molar-refractivity contribution is -0.116. The van der Waals surface area contributed by atoms with E-state index in [4.69, 9.17) is 4.52 Å². The molecule has 0 aromatic carbocycles. The second kappa shape index (κ2) is 6.74. The molecular formula is C15H15N5O2S. The van der Waals surface area contributed by atoms with Crippen LogP contribution in [0.3, 0.4) is 0 Å². The summed E-state index contributed by atoms with van der Waals surface area (Å²) in [6, 6.07) is 5.54. The van der Waals surface area contributed by atoms with Crippen LogP contribution in [0.5, 0.6) is 0 Å². The third-order valence-corrected chi connectivity index (χ3v) is 4.25. The van der Waals surface area contributed by atoms with Gasteiger partial charge in [0.2, 0.25) is 0 Å². The third-order valence-electron chi connectivity index (χ3n) is 3.17. The Bertz CT molecular complexity index is 812. The van der Waals surface area contributed by atoms with Gasteiger partial charge < -0.3 is 9.09 Å². The summed E-state index contributed by atoms with van der Waals surface area (Å²) in [5, 5.41) is 12.8. The van der Waals surface area contributed by atoms with Crippen molar-refractivity contribution < 1.29 is 9.32 Å². The summed E-state index contributed by atoms with van der Waals surface area (Å²) in [6.07, 6.45) is 3.70. The van der Waals surface area contributed by atoms with Crippen LogP contribution in [0.1, 0.15) is 11.5 Å². The van der Waals surface area contributed by atoms with Crippen molar-refractivity contribution >= 4 is 17.5 Å². The van der Waals surface area contributed by atoms with Crippen molar-refractivity contribution in [3.05, 3.63) is 42.0 Å². The van der Waals surface area contributed by atoms with Crippen LogP contribution in [-0.2, 0) is 18.3 Å². The Hall–Kier alpha value is -2.48. The monoisotopic (exact) mass is 329 g/mol. The predicted molar refractivity (Wildman–Crippen MR) is 84.9 cm³/mol. The van der Waals surface area contributed by atoms with Gasteiger partial charge in [0.1, 0.15) is 11.5 Å². The Morgan fingerprint density at radius 1 is 1.39 bits per heavy atom. The lowest BCUT2D eigenvalue weighted by atomic mass is 10.2. The smallest absolute Gasteiger partial charge is 0.191 e. The molecule has 0 atom stereocenters. The molecule has 3 aromatic heterocycles. The number of hydrogen-bond donors (Lipinski definition) is 0. The van der Waals surface area contributed by atoms with Crippen molar-refractivity contribution in [2.45, 2.75) is 18.5 Å². The first kappa shape index (κ1) is 15.4. The summed E-state index contributed by atoms with van der Waals surface area (Å²) in [6.45, 7) is 1.80. The second-order valence-electron chi connectivity index (χ2n) is 5.04. The molecule has 7 nitrogen and oxygen atoms in total. The van der Waals surface area contributed by atoms with Crippen molar-refractivity contribution in [2.75, 3.05) is 5.75 Å². The summed E-state index contributed by atoms with van der Waals surface area (Å²) >= 11 is 1.36. The molecule has 3 heterocycles. The number of aromatic nitrogens is 5. The van der Waals surface area contributed by atoms with Gasteiger partial charge in [-0.1, -0.05) is 16.9 Å². The second-order valence-corrected chi connectivity index (χ2v) is 5.98. The van der Waals surface area contributed by atoms with Gasteiger partial charge in [-0.15, -0.1) is 10.2 Å². The van der Waals surface area contributed by atoms with E-state index in [1.54, 1.807) is 25.4 Å². The number of hydrogen-bond acceptors (Lipinski definition) is 7. The lowest BCUT2D eigenvalue weighted by Crippen LogP contribution is -2.07. The van der Waals surface area contributed by atoms with Crippen molar-refractivity contribution in [1.82, 2.24) is 24.9 Å². The Balaban J connectivity index is 1.63. The van der Waals surface area contributed by atoms with Crippen LogP contribution in [0.4, 0.5) is 0 Å². The Morgan fingerprint density at radius 2 is 2.26 bits per heavy atom. The van der Waals surface area contributed by atoms with Crippen molar-refractivity contribution in [2.24, 2.45) is 7.05 Å². The van der Waals surface area contributed by atoms with Crippen LogP contribution >= 0.6 is 11.8 Å². The maximum Gasteiger partial charge on any atom is 0.191 e. The Labute approximate surface area is 137 Å². The van der Waals surface area contributed by atoms with Gasteiger partial charge in [-0.25, -0.2) is 0 Å². The Kier molecular flexibility index (Phi) is 4.52. The average Bonchev–Trinajstić information content (AvgIpc) is 3.12. The van der Waals surface area contributed by atoms with E-state index in [0.29, 0.717) is 22.4 Å². The summed E-state index contributed by atoms with van der Waals surface area (Å²) in [7, 11) is 1.87. The predicted octanol–water partition coefficient (Wildman–Crippen LogP) is 2.08. The van der Waals surface area contributed by atoms with E-state index in [9.17, 15) is 4.79 Å². The molecule has 0 saturated carbocycles. The topological polar surface area (TPSA) is 86.7 Å². The number of rotatable bonds is 6. The summed E-state index contributed by atoms with van der Waals surface area (Å²) < 4.78 is 6.81. The molecule has 0 unspecified atom stereocenters. The molecule has 0 saturated heterocycles. The molecule has 118 valence electrons. The zero-order valence-electron chi connectivity index (χ0n) is 12.8. The van der Waals surface area contributed by atoms with Gasteiger partial charge in [-0.3, -0.25) is 9.78 Å². The van der Waals surface area contributed by atoms with Crippen LogP contribution in [0.2, 0.25) is 0 Å². The molecule has 0 aliphatic carbocycles. The van der Waals surface area contributed by atoms with E-state index in [1.165, 1.54) is 11.8 Å². The number of carbonyl (C=O) groups is 1. The largest absolute Gasteiger partial charge is 0.361 e. The molecular weight excluding hydrogens is 314 g/mol. The zero-order chi connectivity index (χ0) is 16.2. The van der Waals surface area contributed by atoms with Crippen LogP contribution < -0.4 is 0 Å². The molecule has 0 radical (unpaired) electrons. The molecule has 3 rings (SSSR count). The standard InChI is InChI=1S/C15H15N5O2S/c1-10-6-12(19-22-10)7-13(21)9-23-15-18-17-14(20(15)2)11-4-3-5-16-8-11/h3-6,8H,7,9H2,1-2H3. The molecule has 0 aliphatic rings. The number of carbonyl (C=O) groups excluding carboxylic acids is 1. The number of thioether (sulfide) groups is 1. The number of pyridine rings is 1. The lowest BCUT2D eigenvalue weighted by Gasteiger charge is -2.03. The third kappa shape index (κ3) is 3.65. The van der Waals surface area contributed by atoms with E-state index in [0.717, 1.165) is 11.4 Å². The highest BCUT2D eigenvalue weighted by Gasteiger charge is 2.14. The number of ketones is 1. The minimum Gasteiger partial charge on any atom is -0.361 e. The summed E-state index contributed by atoms with van der Waals surface area (Å²) in [4.78, 5) is 16.1. The summed E-state index contributed by atoms with van der Waals surface area (Å²) in [5.41, 5.74) is 1.54. The van der Waals surface area contributed by atoms with E-state index in [1.807, 2.05) is 23.7 Å². The van der Waals surface area contributed by atoms with Gasteiger partial charge in [0.05, 0.1) is 17.9 Å². The first-order chi connectivity index (χ1) is 11.1. The molecule has 0 spiro atoms. The minimum atomic E-state index is 0.0641. The molecule has 0 amide bonds. The van der Waals surface area contributed by atoms with Crippen molar-refractivity contribution in [3.63, 3.8) is 0 Å². The number of aryl methyl sites for hydroxylation is 1. The van der Waals surface area contributed by atoms with Gasteiger partial charge in [0, 0.05) is 31.1 Å². The first-order valence-corrected chi connectivity index (χ1v) is 7.98. The fourth-order valence-corrected chi connectivity index (χ4v) is 2.86. The molecule has 3 aromatic rings. The van der Waals surface area contributed by atoms with E-state index >= 15 is 0 Å². The van der Waals surface area contributed by atoms with E-state index in [-0.39, 0.29) is 12.2 Å². The van der Waals surface area contributed by atoms with Gasteiger partial charge in [0.25, 0.3) is 0 Å². The average molecular weight is 329 g/mol. The van der Waals surface area contributed by atoms with Crippen LogP contribution in [0, 0.1) is 6.92 Å². The maximum atomic E-state index is 12.0. The molecule has 23 heavy (non-hydrogen) atoms. The molecule has 0 fully saturated rings. The molecule has 0 N–H and O–H groups in total. The SMILES string of the molecule is Cc1cc(CC(=O)CSc2nnc(-c3cccnc3)n2C)no1. The summed E-state index contributed by atoms with van der Waals surface area (Å²) in [5.74, 6) is 1.80. The zero-order valence-corrected chi connectivity index (χ0v) is 13.6. The van der Waals surface area contributed by atoms with Crippen molar-refractivity contribution in [3.8, 4) is 11.4 Å². The van der Waals surface area contributed by atoms with Crippen LogP contribution in [0.25, 0.3) is 11.4 Å². The van der Waals surface area contributed by atoms with Gasteiger partial charge in [-0.05, 0) is 19.1 Å². The fraction of sp³-hybridized carbons (Fsp3) is 0.267. The molecule has 0 aliphatic heterocycles. The minimum absolute atomic E-state index is 0.0641. The number of nitrogens with zero attached hydrogens (tertiary/aromatic N) is 5. The highest BCUT2D eigenvalue weighted by molar-refractivity contribution is 7.99. The van der Waals surface area contributed by atoms with Gasteiger partial charge in [-0.2, -0.15) is 0 Å². The number of Topliss-reactive ketones (excluding diaryl/α,β-unsaturated/α-hetero) is 1. The Morgan fingerprint density at radius 3 is 2.96 bits per heavy atom. The van der Waals surface area contributed by atoms with E-state index < -0.39 is 0 Å². The van der Waals surface area contributed by atoms with Crippen LogP contribution in [-0.4, -0.2) is 36.4 Å². The first-order valence-electron chi connectivity index (χ1n) is 7.00. The highest BCUT2D eigenvalue weighted by atomic mass is 32.2. The maximum absolute atomic E-state index is 12.0. The van der Waals surface area contributed by atoms with Gasteiger partial charge in [0.15, 0.2) is 11.0 Å².